The summed E-state index contributed by atoms with van der Waals surface area (Å²) >= 11 is 0. The summed E-state index contributed by atoms with van der Waals surface area (Å²) in [4.78, 5) is 27.5. The van der Waals surface area contributed by atoms with E-state index in [1.165, 1.54) is 140 Å². The number of nitrogens with zero attached hydrogens (tertiary/aromatic N) is 6. The third-order valence-corrected chi connectivity index (χ3v) is 29.8. The van der Waals surface area contributed by atoms with Crippen molar-refractivity contribution in [2.75, 3.05) is 0 Å². The van der Waals surface area contributed by atoms with Crippen molar-refractivity contribution in [3.8, 4) is 67.5 Å². The largest absolute Gasteiger partial charge is 0.305 e. The molecule has 0 bridgehead atoms. The minimum Gasteiger partial charge on any atom is -0.305 e. The summed E-state index contributed by atoms with van der Waals surface area (Å²) in [5, 5.41) is 27.3. The zero-order valence-corrected chi connectivity index (χ0v) is 87.1. The fourth-order valence-electron chi connectivity index (χ4n) is 16.9. The van der Waals surface area contributed by atoms with Crippen molar-refractivity contribution in [3.63, 3.8) is 0 Å². The number of aromatic nitrogens is 6. The fraction of sp³-hybridized carbons (Fsp3) is 0.143. The molecule has 0 aliphatic carbocycles. The molecular weight excluding hydrogens is 2170 g/mol. The second-order valence-corrected chi connectivity index (χ2v) is 51.8. The van der Waals surface area contributed by atoms with Gasteiger partial charge in [0.2, 0.25) is 0 Å². The van der Waals surface area contributed by atoms with Gasteiger partial charge in [-0.3, -0.25) is 0 Å². The van der Waals surface area contributed by atoms with Crippen LogP contribution in [0.2, 0.25) is 58.9 Å². The number of hydrogen-bond donors (Lipinski definition) is 0. The molecule has 21 rings (SSSR count). The van der Waals surface area contributed by atoms with E-state index in [0.717, 1.165) is 74.0 Å². The predicted molar refractivity (Wildman–Crippen MR) is 555 cm³/mol. The van der Waals surface area contributed by atoms with Gasteiger partial charge in [-0.2, -0.15) is 0 Å². The van der Waals surface area contributed by atoms with Gasteiger partial charge in [-0.1, -0.05) is 339 Å². The van der Waals surface area contributed by atoms with E-state index >= 15 is 0 Å². The first-order valence-corrected chi connectivity index (χ1v) is 54.7. The SMILES string of the molecule is CC(C)Cc1cc(-c2[c-]cc3c4ccccc4c4ccccc4c3c2)ncc1[Si](C)(C)C.C[Si](C)(C)c1ccc(-c2[c-]cc3c4ccccc4c4ccccc4c3c2)nc1.Cc1cc(-c2[c-]cc3c4ccccc4c4ccccc4c3c2)ncc1[Si](C)(C)C.Cc1ccc(-c2[c-]cccc2)nc1.Cc1ccc(-c2[c-]cccc2)nc1.Cc1ccc(-c2[c-]cccc2)nc1.[Ir].[Ir].[Ir]. The van der Waals surface area contributed by atoms with E-state index in [0.29, 0.717) is 5.92 Å². The maximum Gasteiger partial charge on any atom is 0.0798 e. The van der Waals surface area contributed by atoms with Crippen molar-refractivity contribution in [1.82, 2.24) is 29.9 Å². The molecule has 0 saturated carbocycles. The Morgan fingerprint density at radius 3 is 0.771 bits per heavy atom. The number of rotatable bonds is 11. The van der Waals surface area contributed by atoms with Crippen LogP contribution < -0.4 is 15.6 Å². The molecule has 12 heteroatoms. The Morgan fingerprint density at radius 2 is 0.504 bits per heavy atom. The van der Waals surface area contributed by atoms with E-state index < -0.39 is 24.2 Å². The third-order valence-electron chi connectivity index (χ3n) is 23.5. The first-order chi connectivity index (χ1) is 61.9. The number of fused-ring (bicyclic) bond motifs is 18. The minimum atomic E-state index is -1.45. The zero-order valence-electron chi connectivity index (χ0n) is 77.0. The molecule has 6 nitrogen and oxygen atoms in total. The number of pyridine rings is 6. The van der Waals surface area contributed by atoms with Gasteiger partial charge in [0.15, 0.2) is 0 Å². The fourth-order valence-corrected chi connectivity index (χ4v) is 21.3. The van der Waals surface area contributed by atoms with E-state index in [9.17, 15) is 0 Å². The molecule has 6 aromatic heterocycles. The van der Waals surface area contributed by atoms with Crippen molar-refractivity contribution in [2.24, 2.45) is 5.92 Å². The van der Waals surface area contributed by atoms with Crippen LogP contribution in [0.1, 0.15) is 41.7 Å². The molecule has 21 aromatic rings. The Hall–Kier alpha value is -11.9. The molecular formula is C119H106Ir3N6Si3-6. The van der Waals surface area contributed by atoms with E-state index in [2.05, 4.69) is 374 Å². The molecule has 0 aliphatic rings. The Bertz CT molecular complexity index is 7210. The number of aryl methyl sites for hydroxylation is 4. The summed E-state index contributed by atoms with van der Waals surface area (Å²) in [6.07, 6.45) is 13.0. The maximum atomic E-state index is 4.94. The van der Waals surface area contributed by atoms with Crippen LogP contribution in [0.25, 0.3) is 164 Å². The van der Waals surface area contributed by atoms with Gasteiger partial charge in [-0.25, -0.2) is 0 Å². The van der Waals surface area contributed by atoms with E-state index in [4.69, 9.17) is 15.0 Å². The van der Waals surface area contributed by atoms with Crippen LogP contribution in [-0.4, -0.2) is 54.1 Å². The summed E-state index contributed by atoms with van der Waals surface area (Å²) in [5.74, 6) is 0.622. The van der Waals surface area contributed by atoms with Crippen molar-refractivity contribution in [2.45, 2.75) is 107 Å². The molecule has 0 unspecified atom stereocenters. The van der Waals surface area contributed by atoms with Crippen molar-refractivity contribution >= 4 is 137 Å². The molecule has 15 aromatic carbocycles. The average molecular weight is 2280 g/mol. The van der Waals surface area contributed by atoms with E-state index in [-0.39, 0.29) is 60.3 Å². The molecule has 6 heterocycles. The molecule has 0 atom stereocenters. The first-order valence-electron chi connectivity index (χ1n) is 44.2. The molecule has 0 amide bonds. The molecule has 131 heavy (non-hydrogen) atoms. The Kier molecular flexibility index (Phi) is 31.7. The second kappa shape index (κ2) is 43.0. The van der Waals surface area contributed by atoms with Gasteiger partial charge in [0.1, 0.15) is 0 Å². The van der Waals surface area contributed by atoms with Crippen LogP contribution in [0.4, 0.5) is 0 Å². The quantitative estimate of drug-likeness (QED) is 0.0729. The summed E-state index contributed by atoms with van der Waals surface area (Å²) in [7, 11) is -4.18. The summed E-state index contributed by atoms with van der Waals surface area (Å²) < 4.78 is 0. The van der Waals surface area contributed by atoms with Gasteiger partial charge in [0, 0.05) is 97.5 Å². The van der Waals surface area contributed by atoms with Crippen LogP contribution in [0.3, 0.4) is 0 Å². The molecule has 0 N–H and O–H groups in total. The molecule has 0 aliphatic heterocycles. The molecule has 3 radical (unpaired) electrons. The van der Waals surface area contributed by atoms with Gasteiger partial charge < -0.3 is 29.9 Å². The summed E-state index contributed by atoms with van der Waals surface area (Å²) in [6, 6.07) is 130. The normalized spacial score (nSPS) is 11.2. The van der Waals surface area contributed by atoms with Crippen molar-refractivity contribution in [1.29, 1.82) is 0 Å². The maximum absolute atomic E-state index is 4.94. The first kappa shape index (κ1) is 96.7. The summed E-state index contributed by atoms with van der Waals surface area (Å²) in [5.41, 5.74) is 18.6. The standard InChI is InChI=1S/C30H30NSi.C27H24NSi.C26H22NSi.3C12H10N.3Ir/c1-20(2)16-22-18-29(31-19-30(22)32(3,4)5)21-14-15-27-25-12-7-6-10-23(25)24-11-8-9-13-26(24)28(27)17-21;1-18-15-26(28-17-27(18)29(2,3)4)19-13-14-24-22-11-6-5-9-20(22)21-10-7-8-12-23(21)25(24)16-19;1-28(2,3)19-13-15-26(27-17-19)18-12-14-24-22-10-5-4-8-20(22)21-9-6-7-11-23(21)25(24)16-18;3*1-10-7-8-12(13-9-10)11-5-3-2-4-6-11;;;/h6-13,15,17-20H,16H2,1-5H3;5-12,14-17H,1-4H3;4-11,13-17H,1-3H3;3*2-5,7-9H,1H3;;;/q6*-1;;;. The van der Waals surface area contributed by atoms with Crippen LogP contribution in [0, 0.1) is 70.0 Å². The van der Waals surface area contributed by atoms with Crippen LogP contribution >= 0.6 is 0 Å². The number of benzene rings is 15. The Labute approximate surface area is 816 Å². The predicted octanol–water partition coefficient (Wildman–Crippen LogP) is 29.7. The Balaban J connectivity index is 0.000000138. The minimum absolute atomic E-state index is 0. The van der Waals surface area contributed by atoms with E-state index in [1.807, 2.05) is 130 Å². The van der Waals surface area contributed by atoms with Gasteiger partial charge in [-0.05, 0) is 155 Å². The van der Waals surface area contributed by atoms with Crippen molar-refractivity contribution in [3.05, 3.63) is 417 Å². The molecule has 0 saturated heterocycles. The second-order valence-electron chi connectivity index (χ2n) is 36.7. The average Bonchev–Trinajstić information content (AvgIpc) is 0.748. The van der Waals surface area contributed by atoms with Crippen LogP contribution in [-0.2, 0) is 66.7 Å². The van der Waals surface area contributed by atoms with Crippen LogP contribution in [0.15, 0.2) is 353 Å². The summed E-state index contributed by atoms with van der Waals surface area (Å²) in [6.45, 7) is 34.3. The topological polar surface area (TPSA) is 77.3 Å². The third kappa shape index (κ3) is 22.7. The smallest absolute Gasteiger partial charge is 0.0798 e. The Morgan fingerprint density at radius 1 is 0.237 bits per heavy atom. The van der Waals surface area contributed by atoms with Gasteiger partial charge in [-0.15, -0.1) is 179 Å². The monoisotopic (exact) mass is 2280 g/mol. The zero-order chi connectivity index (χ0) is 89.2. The van der Waals surface area contributed by atoms with Gasteiger partial charge in [0.05, 0.1) is 24.2 Å². The van der Waals surface area contributed by atoms with Crippen LogP contribution in [0.5, 0.6) is 0 Å². The van der Waals surface area contributed by atoms with E-state index in [1.54, 1.807) is 0 Å². The van der Waals surface area contributed by atoms with Crippen molar-refractivity contribution < 1.29 is 60.3 Å². The molecule has 0 spiro atoms. The number of hydrogen-bond acceptors (Lipinski definition) is 6. The molecule has 657 valence electrons. The molecule has 0 fully saturated rings. The van der Waals surface area contributed by atoms with Gasteiger partial charge >= 0.3 is 0 Å². The van der Waals surface area contributed by atoms with Gasteiger partial charge in [0.25, 0.3) is 0 Å².